The van der Waals surface area contributed by atoms with Gasteiger partial charge in [0, 0.05) is 17.0 Å². The third-order valence-electron chi connectivity index (χ3n) is 7.08. The number of amides is 2. The van der Waals surface area contributed by atoms with Crippen molar-refractivity contribution in [1.82, 2.24) is 9.88 Å². The lowest BCUT2D eigenvalue weighted by molar-refractivity contribution is -0.120. The maximum absolute atomic E-state index is 13.7. The van der Waals surface area contributed by atoms with E-state index in [-0.39, 0.29) is 17.9 Å². The van der Waals surface area contributed by atoms with Gasteiger partial charge in [-0.05, 0) is 49.4 Å². The Morgan fingerprint density at radius 1 is 1.00 bits per heavy atom. The number of anilines is 1. The standard InChI is InChI=1S/C27H29N3O4S/c1-33-23-13-7-4-10-18(23)20-16-35-27(28-20)29-25(31)22-15-17-9-3-6-12-21(17)30(22)26(32)19-11-5-8-14-24(19)34-2/h4-5,7-8,10-11,13-14,16-17,21-22H,3,6,9,12,15H2,1-2H3,(H,28,29,31)/t17-,21+,22+/m1/s1. The highest BCUT2D eigenvalue weighted by Crippen LogP contribution is 2.42. The van der Waals surface area contributed by atoms with E-state index in [0.717, 1.165) is 42.7 Å². The number of fused-ring (bicyclic) bond motifs is 1. The SMILES string of the molecule is COc1ccccc1C(=O)N1[C@H](C(=O)Nc2nc(-c3ccccc3OC)cs2)C[C@H]2CCCC[C@@H]21. The van der Waals surface area contributed by atoms with E-state index >= 15 is 0 Å². The number of hydrogen-bond acceptors (Lipinski definition) is 6. The number of rotatable bonds is 6. The van der Waals surface area contributed by atoms with Gasteiger partial charge in [0.05, 0.1) is 25.5 Å². The summed E-state index contributed by atoms with van der Waals surface area (Å²) in [5.74, 6) is 1.24. The summed E-state index contributed by atoms with van der Waals surface area (Å²) in [6, 6.07) is 14.4. The van der Waals surface area contributed by atoms with Crippen molar-refractivity contribution in [3.05, 3.63) is 59.5 Å². The van der Waals surface area contributed by atoms with Crippen LogP contribution >= 0.6 is 11.3 Å². The number of carbonyl (C=O) groups excluding carboxylic acids is 2. The average molecular weight is 492 g/mol. The van der Waals surface area contributed by atoms with E-state index in [9.17, 15) is 9.59 Å². The Labute approximate surface area is 209 Å². The van der Waals surface area contributed by atoms with Crippen molar-refractivity contribution in [1.29, 1.82) is 0 Å². The first kappa shape index (κ1) is 23.4. The lowest BCUT2D eigenvalue weighted by atomic mass is 9.84. The number of hydrogen-bond donors (Lipinski definition) is 1. The van der Waals surface area contributed by atoms with Crippen LogP contribution in [0.15, 0.2) is 53.9 Å². The van der Waals surface area contributed by atoms with Crippen LogP contribution in [0.25, 0.3) is 11.3 Å². The lowest BCUT2D eigenvalue weighted by Crippen LogP contribution is -2.47. The largest absolute Gasteiger partial charge is 0.496 e. The summed E-state index contributed by atoms with van der Waals surface area (Å²) in [6.45, 7) is 0. The molecular formula is C27H29N3O4S. The summed E-state index contributed by atoms with van der Waals surface area (Å²) in [5.41, 5.74) is 2.10. The second-order valence-corrected chi connectivity index (χ2v) is 9.86. The van der Waals surface area contributed by atoms with Crippen molar-refractivity contribution in [3.8, 4) is 22.8 Å². The summed E-state index contributed by atoms with van der Waals surface area (Å²) in [7, 11) is 3.19. The Hall–Kier alpha value is -3.39. The molecule has 0 radical (unpaired) electrons. The Bertz CT molecular complexity index is 1230. The van der Waals surface area contributed by atoms with Crippen LogP contribution in [0, 0.1) is 5.92 Å². The predicted molar refractivity (Wildman–Crippen MR) is 136 cm³/mol. The summed E-state index contributed by atoms with van der Waals surface area (Å²) < 4.78 is 10.9. The fraction of sp³-hybridized carbons (Fsp3) is 0.370. The van der Waals surface area contributed by atoms with Gasteiger partial charge in [0.2, 0.25) is 5.91 Å². The number of likely N-dealkylation sites (tertiary alicyclic amines) is 1. The fourth-order valence-electron chi connectivity index (χ4n) is 5.45. The zero-order chi connectivity index (χ0) is 24.4. The van der Waals surface area contributed by atoms with Crippen LogP contribution in [0.2, 0.25) is 0 Å². The van der Waals surface area contributed by atoms with Gasteiger partial charge in [0.25, 0.3) is 5.91 Å². The van der Waals surface area contributed by atoms with E-state index in [4.69, 9.17) is 9.47 Å². The number of benzene rings is 2. The maximum atomic E-state index is 13.7. The number of aromatic nitrogens is 1. The molecule has 3 aromatic rings. The fourth-order valence-corrected chi connectivity index (χ4v) is 6.16. The highest BCUT2D eigenvalue weighted by atomic mass is 32.1. The zero-order valence-corrected chi connectivity index (χ0v) is 20.7. The highest BCUT2D eigenvalue weighted by Gasteiger charge is 2.48. The molecule has 1 aliphatic carbocycles. The van der Waals surface area contributed by atoms with Gasteiger partial charge in [-0.2, -0.15) is 0 Å². The topological polar surface area (TPSA) is 80.8 Å². The van der Waals surface area contributed by atoms with Crippen molar-refractivity contribution in [2.45, 2.75) is 44.2 Å². The first-order chi connectivity index (χ1) is 17.1. The van der Waals surface area contributed by atoms with Gasteiger partial charge < -0.3 is 19.7 Å². The van der Waals surface area contributed by atoms with Crippen LogP contribution in [0.4, 0.5) is 5.13 Å². The van der Waals surface area contributed by atoms with Crippen LogP contribution in [0.5, 0.6) is 11.5 Å². The normalized spacial score (nSPS) is 21.3. The molecule has 2 amide bonds. The lowest BCUT2D eigenvalue weighted by Gasteiger charge is -2.33. The van der Waals surface area contributed by atoms with Gasteiger partial charge in [-0.1, -0.05) is 37.1 Å². The molecule has 0 unspecified atom stereocenters. The van der Waals surface area contributed by atoms with Gasteiger partial charge in [-0.3, -0.25) is 9.59 Å². The van der Waals surface area contributed by atoms with E-state index in [1.54, 1.807) is 26.4 Å². The smallest absolute Gasteiger partial charge is 0.258 e. The second kappa shape index (κ2) is 10.1. The molecule has 8 heteroatoms. The molecule has 182 valence electrons. The molecule has 0 spiro atoms. The van der Waals surface area contributed by atoms with Crippen LogP contribution in [0.3, 0.4) is 0 Å². The van der Waals surface area contributed by atoms with Crippen molar-refractivity contribution < 1.29 is 19.1 Å². The Balaban J connectivity index is 1.40. The van der Waals surface area contributed by atoms with Crippen LogP contribution in [-0.2, 0) is 4.79 Å². The second-order valence-electron chi connectivity index (χ2n) is 9.00. The van der Waals surface area contributed by atoms with Gasteiger partial charge in [-0.25, -0.2) is 4.98 Å². The minimum absolute atomic E-state index is 0.0670. The van der Waals surface area contributed by atoms with Crippen LogP contribution in [0.1, 0.15) is 42.5 Å². The van der Waals surface area contributed by atoms with E-state index in [1.165, 1.54) is 11.3 Å². The van der Waals surface area contributed by atoms with E-state index < -0.39 is 6.04 Å². The van der Waals surface area contributed by atoms with E-state index in [0.29, 0.717) is 28.8 Å². The molecule has 2 fully saturated rings. The molecule has 3 atom stereocenters. The Morgan fingerprint density at radius 3 is 2.51 bits per heavy atom. The highest BCUT2D eigenvalue weighted by molar-refractivity contribution is 7.14. The van der Waals surface area contributed by atoms with Crippen molar-refractivity contribution in [3.63, 3.8) is 0 Å². The molecule has 1 aromatic heterocycles. The van der Waals surface area contributed by atoms with Crippen molar-refractivity contribution >= 4 is 28.3 Å². The molecule has 35 heavy (non-hydrogen) atoms. The van der Waals surface area contributed by atoms with Gasteiger partial charge in [0.15, 0.2) is 5.13 Å². The van der Waals surface area contributed by atoms with Crippen LogP contribution < -0.4 is 14.8 Å². The molecule has 1 aliphatic heterocycles. The van der Waals surface area contributed by atoms with E-state index in [1.807, 2.05) is 46.7 Å². The molecule has 5 rings (SSSR count). The first-order valence-electron chi connectivity index (χ1n) is 12.0. The minimum Gasteiger partial charge on any atom is -0.496 e. The first-order valence-corrected chi connectivity index (χ1v) is 12.8. The van der Waals surface area contributed by atoms with Crippen molar-refractivity contribution in [2.24, 2.45) is 5.92 Å². The molecule has 1 saturated carbocycles. The Morgan fingerprint density at radius 2 is 1.71 bits per heavy atom. The third-order valence-corrected chi connectivity index (χ3v) is 7.84. The van der Waals surface area contributed by atoms with Crippen LogP contribution in [-0.4, -0.2) is 48.0 Å². The molecule has 0 bridgehead atoms. The molecule has 1 saturated heterocycles. The molecule has 7 nitrogen and oxygen atoms in total. The molecule has 2 heterocycles. The quantitative estimate of drug-likeness (QED) is 0.510. The number of nitrogens with zero attached hydrogens (tertiary/aromatic N) is 2. The monoisotopic (exact) mass is 491 g/mol. The molecule has 2 aliphatic rings. The number of ether oxygens (including phenoxy) is 2. The number of methoxy groups -OCH3 is 2. The van der Waals surface area contributed by atoms with Crippen molar-refractivity contribution in [2.75, 3.05) is 19.5 Å². The van der Waals surface area contributed by atoms with Gasteiger partial charge in [-0.15, -0.1) is 11.3 Å². The molecule has 1 N–H and O–H groups in total. The number of carbonyl (C=O) groups is 2. The average Bonchev–Trinajstić information content (AvgIpc) is 3.53. The maximum Gasteiger partial charge on any atom is 0.258 e. The Kier molecular flexibility index (Phi) is 6.72. The summed E-state index contributed by atoms with van der Waals surface area (Å²) >= 11 is 1.37. The van der Waals surface area contributed by atoms with E-state index in [2.05, 4.69) is 10.3 Å². The molecule has 2 aromatic carbocycles. The number of thiazole rings is 1. The zero-order valence-electron chi connectivity index (χ0n) is 19.9. The summed E-state index contributed by atoms with van der Waals surface area (Å²) in [5, 5.41) is 5.40. The minimum atomic E-state index is -0.542. The van der Waals surface area contributed by atoms with Gasteiger partial charge in [0.1, 0.15) is 17.5 Å². The summed E-state index contributed by atoms with van der Waals surface area (Å²) in [6.07, 6.45) is 4.84. The van der Waals surface area contributed by atoms with Gasteiger partial charge >= 0.3 is 0 Å². The number of nitrogens with one attached hydrogen (secondary N) is 1. The number of para-hydroxylation sites is 2. The predicted octanol–water partition coefficient (Wildman–Crippen LogP) is 5.24. The summed E-state index contributed by atoms with van der Waals surface area (Å²) in [4.78, 5) is 33.7. The third kappa shape index (κ3) is 4.50. The molecular weight excluding hydrogens is 462 g/mol.